The molecule has 1 atom stereocenters. The van der Waals surface area contributed by atoms with Crippen LogP contribution in [0.3, 0.4) is 0 Å². The molecule has 0 saturated carbocycles. The summed E-state index contributed by atoms with van der Waals surface area (Å²) < 4.78 is 36.1. The minimum absolute atomic E-state index is 0.477. The van der Waals surface area contributed by atoms with Gasteiger partial charge < -0.3 is 18.6 Å². The number of hydrogen-bond donors (Lipinski definition) is 0. The quantitative estimate of drug-likeness (QED) is 0.223. The molecular weight excluding hydrogens is 505 g/mol. The molecule has 192 valence electrons. The van der Waals surface area contributed by atoms with Crippen molar-refractivity contribution in [3.8, 4) is 34.1 Å². The van der Waals surface area contributed by atoms with Crippen molar-refractivity contribution in [2.45, 2.75) is 6.92 Å². The predicted molar refractivity (Wildman–Crippen MR) is 158 cm³/mol. The summed E-state index contributed by atoms with van der Waals surface area (Å²) >= 11 is 0. The van der Waals surface area contributed by atoms with E-state index < -0.39 is 7.37 Å². The zero-order valence-electron chi connectivity index (χ0n) is 21.8. The van der Waals surface area contributed by atoms with E-state index >= 15 is 4.57 Å². The first kappa shape index (κ1) is 23.6. The van der Waals surface area contributed by atoms with Crippen LogP contribution in [0.2, 0.25) is 0 Å². The van der Waals surface area contributed by atoms with Gasteiger partial charge in [-0.2, -0.15) is 0 Å². The largest absolute Gasteiger partial charge is 0.495 e. The van der Waals surface area contributed by atoms with Crippen molar-refractivity contribution in [2.75, 3.05) is 14.2 Å². The molecule has 1 unspecified atom stereocenters. The Bertz CT molecular complexity index is 1960. The Labute approximate surface area is 226 Å². The lowest BCUT2D eigenvalue weighted by Gasteiger charge is -2.30. The Balaban J connectivity index is 1.63. The lowest BCUT2D eigenvalue weighted by molar-refractivity contribution is 0.411. The van der Waals surface area contributed by atoms with Crippen molar-refractivity contribution >= 4 is 39.8 Å². The number of ether oxygens (including phenoxy) is 2. The summed E-state index contributed by atoms with van der Waals surface area (Å²) in [5, 5.41) is 2.95. The van der Waals surface area contributed by atoms with Gasteiger partial charge in [-0.25, -0.2) is 0 Å². The average molecular weight is 532 g/mol. The Kier molecular flexibility index (Phi) is 5.33. The first-order valence-electron chi connectivity index (χ1n) is 12.8. The maximum Gasteiger partial charge on any atom is 0.311 e. The van der Waals surface area contributed by atoms with Crippen LogP contribution >= 0.6 is 7.37 Å². The summed E-state index contributed by atoms with van der Waals surface area (Å²) in [5.41, 5.74) is 5.77. The minimum atomic E-state index is -3.65. The molecule has 7 rings (SSSR count). The molecule has 5 nitrogen and oxygen atoms in total. The van der Waals surface area contributed by atoms with Gasteiger partial charge >= 0.3 is 7.37 Å². The highest BCUT2D eigenvalue weighted by Crippen LogP contribution is 2.57. The highest BCUT2D eigenvalue weighted by molar-refractivity contribution is 7.75. The Hall–Kier alpha value is -4.47. The molecule has 2 heterocycles. The lowest BCUT2D eigenvalue weighted by atomic mass is 10.0. The fourth-order valence-corrected chi connectivity index (χ4v) is 8.22. The van der Waals surface area contributed by atoms with Crippen LogP contribution in [0.25, 0.3) is 38.6 Å². The van der Waals surface area contributed by atoms with E-state index in [2.05, 4.69) is 41.8 Å². The first-order valence-corrected chi connectivity index (χ1v) is 14.4. The van der Waals surface area contributed by atoms with Crippen molar-refractivity contribution in [2.24, 2.45) is 0 Å². The number of rotatable bonds is 4. The molecule has 0 fully saturated rings. The second-order valence-electron chi connectivity index (χ2n) is 9.70. The summed E-state index contributed by atoms with van der Waals surface area (Å²) in [7, 11) is -0.383. The number of methoxy groups -OCH3 is 2. The second-order valence-corrected chi connectivity index (χ2v) is 12.0. The summed E-state index contributed by atoms with van der Waals surface area (Å²) in [6.07, 6.45) is 0. The summed E-state index contributed by atoms with van der Waals surface area (Å²) in [6, 6.07) is 33.8. The molecule has 6 aromatic rings. The number of fused-ring (bicyclic) bond motifs is 6. The molecule has 1 aliphatic rings. The molecule has 0 bridgehead atoms. The highest BCUT2D eigenvalue weighted by atomic mass is 31.2. The Morgan fingerprint density at radius 3 is 2.23 bits per heavy atom. The normalized spacial score (nSPS) is 16.0. The minimum Gasteiger partial charge on any atom is -0.495 e. The monoisotopic (exact) mass is 531 g/mol. The van der Waals surface area contributed by atoms with Crippen molar-refractivity contribution in [3.63, 3.8) is 0 Å². The van der Waals surface area contributed by atoms with E-state index in [0.29, 0.717) is 27.9 Å². The maximum absolute atomic E-state index is 15.2. The first-order chi connectivity index (χ1) is 19.0. The van der Waals surface area contributed by atoms with Crippen molar-refractivity contribution in [1.82, 2.24) is 4.57 Å². The van der Waals surface area contributed by atoms with Crippen molar-refractivity contribution in [3.05, 3.63) is 109 Å². The number of aryl methyl sites for hydroxylation is 1. The molecule has 39 heavy (non-hydrogen) atoms. The number of aromatic nitrogens is 1. The van der Waals surface area contributed by atoms with Gasteiger partial charge in [-0.3, -0.25) is 4.57 Å². The van der Waals surface area contributed by atoms with E-state index in [1.807, 2.05) is 72.8 Å². The smallest absolute Gasteiger partial charge is 0.311 e. The van der Waals surface area contributed by atoms with Gasteiger partial charge in [-0.15, -0.1) is 0 Å². The zero-order valence-corrected chi connectivity index (χ0v) is 22.7. The molecule has 0 N–H and O–H groups in total. The lowest BCUT2D eigenvalue weighted by Crippen LogP contribution is -2.26. The van der Waals surface area contributed by atoms with Gasteiger partial charge in [0.25, 0.3) is 0 Å². The summed E-state index contributed by atoms with van der Waals surface area (Å²) in [6.45, 7) is 2.07. The van der Waals surface area contributed by atoms with Gasteiger partial charge in [0.15, 0.2) is 0 Å². The fraction of sp³-hybridized carbons (Fsp3) is 0.0909. The number of nitrogens with zero attached hydrogens (tertiary/aromatic N) is 1. The molecule has 0 aliphatic carbocycles. The van der Waals surface area contributed by atoms with Crippen LogP contribution in [-0.4, -0.2) is 18.8 Å². The molecule has 5 aromatic carbocycles. The van der Waals surface area contributed by atoms with E-state index in [9.17, 15) is 0 Å². The van der Waals surface area contributed by atoms with Crippen molar-refractivity contribution in [1.29, 1.82) is 0 Å². The third-order valence-electron chi connectivity index (χ3n) is 7.46. The summed E-state index contributed by atoms with van der Waals surface area (Å²) in [4.78, 5) is 0. The highest BCUT2D eigenvalue weighted by Gasteiger charge is 2.41. The number of hydrogen-bond acceptors (Lipinski definition) is 4. The SMILES string of the molecule is COc1c(P2(=O)Oc3ccccc3-c3ccccc32)cc(OC)c2c1c1cc(C)ccc1n2-c1ccccc1. The molecule has 0 radical (unpaired) electrons. The standard InChI is InChI=1S/C33H26NO4P/c1-21-17-18-26-25(19-21)31-32(34(26)22-11-5-4-6-12-22)28(36-2)20-30(33(31)37-3)39(35)29-16-10-8-14-24(29)23-13-7-9-15-27(23)38-39/h4-20H,1-3H3. The van der Waals surface area contributed by atoms with Crippen LogP contribution in [0.15, 0.2) is 103 Å². The topological polar surface area (TPSA) is 49.7 Å². The van der Waals surface area contributed by atoms with Gasteiger partial charge in [-0.1, -0.05) is 66.2 Å². The molecule has 6 heteroatoms. The molecule has 1 aromatic heterocycles. The van der Waals surface area contributed by atoms with Gasteiger partial charge in [-0.05, 0) is 48.9 Å². The van der Waals surface area contributed by atoms with Gasteiger partial charge in [0.1, 0.15) is 22.8 Å². The third-order valence-corrected chi connectivity index (χ3v) is 9.91. The fourth-order valence-electron chi connectivity index (χ4n) is 5.77. The molecule has 1 aliphatic heterocycles. The van der Waals surface area contributed by atoms with Crippen molar-refractivity contribution < 1.29 is 18.6 Å². The third kappa shape index (κ3) is 3.36. The molecular formula is C33H26NO4P. The van der Waals surface area contributed by atoms with E-state index in [1.165, 1.54) is 0 Å². The number of benzene rings is 5. The van der Waals surface area contributed by atoms with Crippen LogP contribution in [0, 0.1) is 6.92 Å². The van der Waals surface area contributed by atoms with Crippen LogP contribution in [0.4, 0.5) is 0 Å². The molecule has 0 saturated heterocycles. The maximum atomic E-state index is 15.2. The van der Waals surface area contributed by atoms with Gasteiger partial charge in [0.2, 0.25) is 0 Å². The summed E-state index contributed by atoms with van der Waals surface area (Å²) in [5.74, 6) is 1.70. The Morgan fingerprint density at radius 2 is 1.46 bits per heavy atom. The number of para-hydroxylation sites is 2. The van der Waals surface area contributed by atoms with E-state index in [1.54, 1.807) is 14.2 Å². The second kappa shape index (κ2) is 8.79. The average Bonchev–Trinajstić information content (AvgIpc) is 3.31. The van der Waals surface area contributed by atoms with Gasteiger partial charge in [0.05, 0.1) is 35.7 Å². The van der Waals surface area contributed by atoms with Crippen LogP contribution in [0.1, 0.15) is 5.56 Å². The molecule has 0 amide bonds. The van der Waals surface area contributed by atoms with E-state index in [-0.39, 0.29) is 0 Å². The molecule has 0 spiro atoms. The van der Waals surface area contributed by atoms with Crippen LogP contribution in [0.5, 0.6) is 17.2 Å². The van der Waals surface area contributed by atoms with Crippen LogP contribution in [-0.2, 0) is 4.57 Å². The van der Waals surface area contributed by atoms with Crippen LogP contribution < -0.4 is 24.6 Å². The van der Waals surface area contributed by atoms with Gasteiger partial charge in [0, 0.05) is 22.7 Å². The van der Waals surface area contributed by atoms with E-state index in [4.69, 9.17) is 14.0 Å². The predicted octanol–water partition coefficient (Wildman–Crippen LogP) is 7.40. The van der Waals surface area contributed by atoms with E-state index in [0.717, 1.165) is 44.2 Å². The Morgan fingerprint density at radius 1 is 0.744 bits per heavy atom. The zero-order chi connectivity index (χ0) is 26.7.